The van der Waals surface area contributed by atoms with E-state index in [-0.39, 0.29) is 18.5 Å². The van der Waals surface area contributed by atoms with Crippen LogP contribution in [0, 0.1) is 6.92 Å². The molecule has 0 aromatic heterocycles. The lowest BCUT2D eigenvalue weighted by Crippen LogP contribution is -2.52. The molecule has 33 heavy (non-hydrogen) atoms. The predicted molar refractivity (Wildman–Crippen MR) is 130 cm³/mol. The van der Waals surface area contributed by atoms with Gasteiger partial charge >= 0.3 is 0 Å². The quantitative estimate of drug-likeness (QED) is 0.570. The summed E-state index contributed by atoms with van der Waals surface area (Å²) in [6.07, 6.45) is 1.05. The Labute approximate surface area is 196 Å². The topological polar surface area (TPSA) is 96.0 Å². The van der Waals surface area contributed by atoms with Crippen LogP contribution in [0.3, 0.4) is 0 Å². The summed E-state index contributed by atoms with van der Waals surface area (Å²) in [6, 6.07) is 13.1. The second-order valence-electron chi connectivity index (χ2n) is 8.26. The molecular formula is C24H33N3O5S. The number of nitrogens with one attached hydrogen (secondary N) is 1. The number of sulfonamides is 1. The van der Waals surface area contributed by atoms with Gasteiger partial charge in [0, 0.05) is 12.6 Å². The van der Waals surface area contributed by atoms with Gasteiger partial charge in [-0.1, -0.05) is 24.3 Å². The molecule has 0 aliphatic carbocycles. The van der Waals surface area contributed by atoms with Gasteiger partial charge in [-0.2, -0.15) is 0 Å². The van der Waals surface area contributed by atoms with Gasteiger partial charge in [0.2, 0.25) is 21.8 Å². The highest BCUT2D eigenvalue weighted by atomic mass is 32.2. The van der Waals surface area contributed by atoms with E-state index in [1.165, 1.54) is 12.0 Å². The minimum Gasteiger partial charge on any atom is -0.497 e. The number of carbonyl (C=O) groups excluding carboxylic acids is 2. The third-order valence-electron chi connectivity index (χ3n) is 5.24. The zero-order valence-corrected chi connectivity index (χ0v) is 20.8. The van der Waals surface area contributed by atoms with Crippen LogP contribution in [0.25, 0.3) is 0 Å². The Balaban J connectivity index is 2.39. The maximum absolute atomic E-state index is 13.5. The number of carbonyl (C=O) groups is 2. The number of hydrogen-bond donors (Lipinski definition) is 1. The lowest BCUT2D eigenvalue weighted by molar-refractivity contribution is -0.139. The minimum atomic E-state index is -3.77. The Hall–Kier alpha value is -3.07. The summed E-state index contributed by atoms with van der Waals surface area (Å²) in [7, 11) is -2.25. The molecule has 1 atom stereocenters. The number of ether oxygens (including phenoxy) is 1. The Bertz CT molecular complexity index is 1070. The Morgan fingerprint density at radius 2 is 1.64 bits per heavy atom. The number of anilines is 1. The normalized spacial score (nSPS) is 12.2. The third-order valence-corrected chi connectivity index (χ3v) is 6.38. The van der Waals surface area contributed by atoms with Crippen LogP contribution in [0.1, 0.15) is 31.9 Å². The fourth-order valence-corrected chi connectivity index (χ4v) is 4.17. The second-order valence-corrected chi connectivity index (χ2v) is 10.2. The summed E-state index contributed by atoms with van der Waals surface area (Å²) in [5, 5.41) is 2.83. The lowest BCUT2D eigenvalue weighted by atomic mass is 10.1. The van der Waals surface area contributed by atoms with E-state index in [0.717, 1.165) is 21.7 Å². The Morgan fingerprint density at radius 3 is 2.15 bits per heavy atom. The first-order chi connectivity index (χ1) is 15.4. The number of hydrogen-bond acceptors (Lipinski definition) is 5. The van der Waals surface area contributed by atoms with Crippen molar-refractivity contribution in [2.45, 2.75) is 46.3 Å². The van der Waals surface area contributed by atoms with Gasteiger partial charge in [-0.25, -0.2) is 8.42 Å². The second kappa shape index (κ2) is 11.2. The van der Waals surface area contributed by atoms with Gasteiger partial charge < -0.3 is 15.0 Å². The van der Waals surface area contributed by atoms with Crippen LogP contribution >= 0.6 is 0 Å². The van der Waals surface area contributed by atoms with Crippen molar-refractivity contribution < 1.29 is 22.7 Å². The molecule has 9 heteroatoms. The predicted octanol–water partition coefficient (Wildman–Crippen LogP) is 2.71. The minimum absolute atomic E-state index is 0.0952. The Morgan fingerprint density at radius 1 is 1.03 bits per heavy atom. The van der Waals surface area contributed by atoms with Crippen LogP contribution in [0.4, 0.5) is 5.69 Å². The molecule has 0 spiro atoms. The molecule has 0 fully saturated rings. The van der Waals surface area contributed by atoms with Crippen molar-refractivity contribution in [2.75, 3.05) is 24.2 Å². The van der Waals surface area contributed by atoms with E-state index in [4.69, 9.17) is 4.74 Å². The molecule has 0 unspecified atom stereocenters. The molecule has 2 rings (SSSR count). The van der Waals surface area contributed by atoms with Crippen LogP contribution in [0.2, 0.25) is 0 Å². The maximum atomic E-state index is 13.5. The first-order valence-corrected chi connectivity index (χ1v) is 12.5. The first-order valence-electron chi connectivity index (χ1n) is 10.7. The largest absolute Gasteiger partial charge is 0.497 e. The molecule has 2 amide bonds. The van der Waals surface area contributed by atoms with Crippen molar-refractivity contribution in [1.29, 1.82) is 0 Å². The van der Waals surface area contributed by atoms with E-state index < -0.39 is 28.5 Å². The molecule has 0 heterocycles. The molecule has 0 saturated carbocycles. The summed E-state index contributed by atoms with van der Waals surface area (Å²) in [5.41, 5.74) is 2.19. The molecule has 0 bridgehead atoms. The fourth-order valence-electron chi connectivity index (χ4n) is 3.32. The highest BCUT2D eigenvalue weighted by molar-refractivity contribution is 7.92. The number of aryl methyl sites for hydroxylation is 1. The summed E-state index contributed by atoms with van der Waals surface area (Å²) in [4.78, 5) is 27.6. The third kappa shape index (κ3) is 7.21. The fraction of sp³-hybridized carbons (Fsp3) is 0.417. The van der Waals surface area contributed by atoms with Crippen molar-refractivity contribution in [2.24, 2.45) is 0 Å². The van der Waals surface area contributed by atoms with Crippen molar-refractivity contribution in [3.63, 3.8) is 0 Å². The van der Waals surface area contributed by atoms with Gasteiger partial charge in [-0.15, -0.1) is 0 Å². The molecule has 0 saturated heterocycles. The van der Waals surface area contributed by atoms with E-state index >= 15 is 0 Å². The number of rotatable bonds is 10. The van der Waals surface area contributed by atoms with E-state index in [9.17, 15) is 18.0 Å². The van der Waals surface area contributed by atoms with Crippen LogP contribution in [-0.4, -0.2) is 57.1 Å². The number of benzene rings is 2. The molecular weight excluding hydrogens is 442 g/mol. The number of amides is 2. The standard InChI is InChI=1S/C24H33N3O5S/c1-17(2)25-24(29)19(4)26(15-20-10-8-7-9-18(20)3)23(28)16-27(33(6,30)31)21-11-13-22(32-5)14-12-21/h7-14,17,19H,15-16H2,1-6H3,(H,25,29)/t19-/m1/s1. The maximum Gasteiger partial charge on any atom is 0.244 e. The molecule has 1 N–H and O–H groups in total. The average molecular weight is 476 g/mol. The zero-order chi connectivity index (χ0) is 24.8. The molecule has 0 radical (unpaired) electrons. The van der Waals surface area contributed by atoms with Crippen molar-refractivity contribution in [1.82, 2.24) is 10.2 Å². The summed E-state index contributed by atoms with van der Waals surface area (Å²) in [6.45, 7) is 7.00. The lowest BCUT2D eigenvalue weighted by Gasteiger charge is -2.32. The summed E-state index contributed by atoms with van der Waals surface area (Å²) < 4.78 is 31.3. The summed E-state index contributed by atoms with van der Waals surface area (Å²) in [5.74, 6) is -0.216. The average Bonchev–Trinajstić information content (AvgIpc) is 2.75. The molecule has 0 aliphatic heterocycles. The molecule has 8 nitrogen and oxygen atoms in total. The first kappa shape index (κ1) is 26.2. The monoisotopic (exact) mass is 475 g/mol. The van der Waals surface area contributed by atoms with Crippen LogP contribution in [0.15, 0.2) is 48.5 Å². The van der Waals surface area contributed by atoms with E-state index in [1.54, 1.807) is 31.2 Å². The zero-order valence-electron chi connectivity index (χ0n) is 20.0. The molecule has 2 aromatic rings. The SMILES string of the molecule is COc1ccc(N(CC(=O)N(Cc2ccccc2C)[C@H](C)C(=O)NC(C)C)S(C)(=O)=O)cc1. The molecule has 180 valence electrons. The van der Waals surface area contributed by atoms with Gasteiger partial charge in [-0.3, -0.25) is 13.9 Å². The van der Waals surface area contributed by atoms with Gasteiger partial charge in [0.15, 0.2) is 0 Å². The summed E-state index contributed by atoms with van der Waals surface area (Å²) >= 11 is 0. The highest BCUT2D eigenvalue weighted by Gasteiger charge is 2.30. The number of nitrogens with zero attached hydrogens (tertiary/aromatic N) is 2. The van der Waals surface area contributed by atoms with Gasteiger partial charge in [0.25, 0.3) is 0 Å². The molecule has 2 aromatic carbocycles. The highest BCUT2D eigenvalue weighted by Crippen LogP contribution is 2.22. The van der Waals surface area contributed by atoms with Crippen molar-refractivity contribution >= 4 is 27.5 Å². The van der Waals surface area contributed by atoms with Crippen molar-refractivity contribution in [3.05, 3.63) is 59.7 Å². The van der Waals surface area contributed by atoms with Crippen LogP contribution in [0.5, 0.6) is 5.75 Å². The smallest absolute Gasteiger partial charge is 0.244 e. The van der Waals surface area contributed by atoms with Gasteiger partial charge in [0.1, 0.15) is 18.3 Å². The van der Waals surface area contributed by atoms with E-state index in [1.807, 2.05) is 45.0 Å². The van der Waals surface area contributed by atoms with Gasteiger partial charge in [0.05, 0.1) is 19.1 Å². The van der Waals surface area contributed by atoms with Crippen LogP contribution in [-0.2, 0) is 26.2 Å². The van der Waals surface area contributed by atoms with Crippen LogP contribution < -0.4 is 14.4 Å². The Kier molecular flexibility index (Phi) is 8.87. The van der Waals surface area contributed by atoms with Crippen molar-refractivity contribution in [3.8, 4) is 5.75 Å². The van der Waals surface area contributed by atoms with E-state index in [0.29, 0.717) is 11.4 Å². The van der Waals surface area contributed by atoms with E-state index in [2.05, 4.69) is 5.32 Å². The number of methoxy groups -OCH3 is 1. The van der Waals surface area contributed by atoms with Gasteiger partial charge in [-0.05, 0) is 63.1 Å². The molecule has 0 aliphatic rings.